The van der Waals surface area contributed by atoms with Crippen molar-refractivity contribution in [2.75, 3.05) is 13.9 Å². The number of carbonyl (C=O) groups is 1. The molecule has 0 unspecified atom stereocenters. The van der Waals surface area contributed by atoms with Gasteiger partial charge in [-0.1, -0.05) is 0 Å². The third-order valence-corrected chi connectivity index (χ3v) is 0.460. The molecule has 0 aliphatic carbocycles. The first kappa shape index (κ1) is 7.17. The molecule has 1 radical (unpaired) electrons. The monoisotopic (exact) mass is 115 g/mol. The van der Waals surface area contributed by atoms with Crippen LogP contribution in [0.25, 0.3) is 0 Å². The van der Waals surface area contributed by atoms with Crippen LogP contribution >= 0.6 is 0 Å². The summed E-state index contributed by atoms with van der Waals surface area (Å²) in [6, 6.07) is 0. The second-order valence-electron chi connectivity index (χ2n) is 1.07. The molecule has 0 amide bonds. The fourth-order valence-electron chi connectivity index (χ4n) is 0.161. The lowest BCUT2D eigenvalue weighted by Gasteiger charge is -1.98. The summed E-state index contributed by atoms with van der Waals surface area (Å²) in [7, 11) is 1.44. The minimum Gasteiger partial charge on any atom is -0.464 e. The van der Waals surface area contributed by atoms with E-state index in [9.17, 15) is 4.79 Å². The fraction of sp³-hybridized carbons (Fsp3) is 0.400. The van der Waals surface area contributed by atoms with Crippen molar-refractivity contribution in [3.63, 3.8) is 0 Å². The molecular weight excluding hydrogens is 108 g/mol. The molecule has 8 heavy (non-hydrogen) atoms. The van der Waals surface area contributed by atoms with E-state index < -0.39 is 0 Å². The van der Waals surface area contributed by atoms with Gasteiger partial charge in [-0.3, -0.25) is 4.79 Å². The van der Waals surface area contributed by atoms with Crippen LogP contribution in [0.5, 0.6) is 0 Å². The zero-order valence-electron chi connectivity index (χ0n) is 4.59. The molecule has 0 aliphatic heterocycles. The van der Waals surface area contributed by atoms with Crippen molar-refractivity contribution in [2.24, 2.45) is 0 Å². The Morgan fingerprint density at radius 2 is 2.50 bits per heavy atom. The molecule has 0 saturated carbocycles. The SMILES string of the molecule is [CH]=C(C=O)OCOC. The van der Waals surface area contributed by atoms with E-state index >= 15 is 0 Å². The number of allylic oxidation sites excluding steroid dienone is 1. The second kappa shape index (κ2) is 4.33. The van der Waals surface area contributed by atoms with Crippen molar-refractivity contribution in [1.82, 2.24) is 0 Å². The summed E-state index contributed by atoms with van der Waals surface area (Å²) in [6.45, 7) is 4.92. The van der Waals surface area contributed by atoms with Crippen molar-refractivity contribution in [1.29, 1.82) is 0 Å². The van der Waals surface area contributed by atoms with Crippen LogP contribution in [0.3, 0.4) is 0 Å². The second-order valence-corrected chi connectivity index (χ2v) is 1.07. The summed E-state index contributed by atoms with van der Waals surface area (Å²) in [5.74, 6) is -0.160. The number of hydrogen-bond donors (Lipinski definition) is 0. The predicted molar refractivity (Wildman–Crippen MR) is 26.8 cm³/mol. The van der Waals surface area contributed by atoms with Crippen molar-refractivity contribution in [2.45, 2.75) is 0 Å². The first-order chi connectivity index (χ1) is 3.81. The average molecular weight is 115 g/mol. The van der Waals surface area contributed by atoms with Gasteiger partial charge in [0, 0.05) is 7.11 Å². The lowest BCUT2D eigenvalue weighted by atomic mass is 10.6. The average Bonchev–Trinajstić information content (AvgIpc) is 1.83. The maximum absolute atomic E-state index is 9.67. The van der Waals surface area contributed by atoms with E-state index in [4.69, 9.17) is 6.58 Å². The van der Waals surface area contributed by atoms with Gasteiger partial charge in [-0.25, -0.2) is 0 Å². The molecule has 0 fully saturated rings. The standard InChI is InChI=1S/C5H7O3/c1-5(3-6)8-4-7-2/h1,3H,4H2,2H3. The van der Waals surface area contributed by atoms with E-state index in [-0.39, 0.29) is 12.6 Å². The molecule has 0 N–H and O–H groups in total. The smallest absolute Gasteiger partial charge is 0.188 e. The van der Waals surface area contributed by atoms with Crippen LogP contribution in [0.1, 0.15) is 0 Å². The minimum atomic E-state index is -0.160. The highest BCUT2D eigenvalue weighted by Crippen LogP contribution is 1.84. The summed E-state index contributed by atoms with van der Waals surface area (Å²) in [4.78, 5) is 9.67. The lowest BCUT2D eigenvalue weighted by molar-refractivity contribution is -0.110. The van der Waals surface area contributed by atoms with E-state index in [1.165, 1.54) is 7.11 Å². The van der Waals surface area contributed by atoms with Gasteiger partial charge in [0.25, 0.3) is 0 Å². The Morgan fingerprint density at radius 1 is 1.88 bits per heavy atom. The van der Waals surface area contributed by atoms with Crippen LogP contribution < -0.4 is 0 Å². The Morgan fingerprint density at radius 3 is 2.88 bits per heavy atom. The molecule has 0 bridgehead atoms. The van der Waals surface area contributed by atoms with Gasteiger partial charge in [-0.2, -0.15) is 0 Å². The number of carbonyl (C=O) groups excluding carboxylic acids is 1. The number of hydrogen-bond acceptors (Lipinski definition) is 3. The van der Waals surface area contributed by atoms with Gasteiger partial charge in [0.05, 0.1) is 0 Å². The molecule has 0 spiro atoms. The Balaban J connectivity index is 3.11. The number of ether oxygens (including phenoxy) is 2. The number of aldehydes is 1. The molecule has 0 aromatic carbocycles. The Labute approximate surface area is 47.9 Å². The van der Waals surface area contributed by atoms with Crippen LogP contribution in [-0.4, -0.2) is 20.2 Å². The largest absolute Gasteiger partial charge is 0.464 e. The third kappa shape index (κ3) is 3.36. The van der Waals surface area contributed by atoms with E-state index in [0.29, 0.717) is 6.29 Å². The van der Waals surface area contributed by atoms with Gasteiger partial charge in [-0.05, 0) is 6.58 Å². The molecule has 0 aromatic rings. The lowest BCUT2D eigenvalue weighted by Crippen LogP contribution is -1.95. The van der Waals surface area contributed by atoms with Gasteiger partial charge >= 0.3 is 0 Å². The van der Waals surface area contributed by atoms with E-state index in [0.717, 1.165) is 0 Å². The van der Waals surface area contributed by atoms with E-state index in [1.54, 1.807) is 0 Å². The first-order valence-corrected chi connectivity index (χ1v) is 2.00. The van der Waals surface area contributed by atoms with Crippen LogP contribution in [0.2, 0.25) is 0 Å². The highest BCUT2D eigenvalue weighted by molar-refractivity contribution is 5.68. The van der Waals surface area contributed by atoms with E-state index in [1.807, 2.05) is 0 Å². The van der Waals surface area contributed by atoms with Crippen LogP contribution in [0.4, 0.5) is 0 Å². The number of rotatable bonds is 4. The van der Waals surface area contributed by atoms with Gasteiger partial charge < -0.3 is 9.47 Å². The topological polar surface area (TPSA) is 35.5 Å². The summed E-state index contributed by atoms with van der Waals surface area (Å²) in [5.41, 5.74) is 0. The first-order valence-electron chi connectivity index (χ1n) is 2.00. The zero-order valence-corrected chi connectivity index (χ0v) is 4.59. The summed E-state index contributed by atoms with van der Waals surface area (Å²) >= 11 is 0. The molecule has 3 heteroatoms. The molecule has 45 valence electrons. The normalized spacial score (nSPS) is 8.12. The van der Waals surface area contributed by atoms with Crippen LogP contribution in [0.15, 0.2) is 5.76 Å². The quantitative estimate of drug-likeness (QED) is 0.226. The van der Waals surface area contributed by atoms with Gasteiger partial charge in [0.1, 0.15) is 0 Å². The van der Waals surface area contributed by atoms with Crippen LogP contribution in [0, 0.1) is 6.58 Å². The third-order valence-electron chi connectivity index (χ3n) is 0.460. The summed E-state index contributed by atoms with van der Waals surface area (Å²) in [5, 5.41) is 0. The fourth-order valence-corrected chi connectivity index (χ4v) is 0.161. The van der Waals surface area contributed by atoms with Crippen molar-refractivity contribution < 1.29 is 14.3 Å². The molecule has 3 nitrogen and oxygen atoms in total. The molecule has 0 rings (SSSR count). The minimum absolute atomic E-state index is 0.0184. The maximum atomic E-state index is 9.67. The summed E-state index contributed by atoms with van der Waals surface area (Å²) < 4.78 is 8.88. The zero-order chi connectivity index (χ0) is 6.41. The summed E-state index contributed by atoms with van der Waals surface area (Å²) in [6.07, 6.45) is 0.416. The Kier molecular flexibility index (Phi) is 3.88. The molecule has 0 heterocycles. The van der Waals surface area contributed by atoms with E-state index in [2.05, 4.69) is 9.47 Å². The van der Waals surface area contributed by atoms with Gasteiger partial charge in [0.2, 0.25) is 0 Å². The van der Waals surface area contributed by atoms with Crippen molar-refractivity contribution >= 4 is 6.29 Å². The maximum Gasteiger partial charge on any atom is 0.188 e. The van der Waals surface area contributed by atoms with Crippen LogP contribution in [-0.2, 0) is 14.3 Å². The molecule has 0 aromatic heterocycles. The predicted octanol–water partition coefficient (Wildman–Crippen LogP) is 0.123. The molecule has 0 atom stereocenters. The highest BCUT2D eigenvalue weighted by atomic mass is 16.7. The highest BCUT2D eigenvalue weighted by Gasteiger charge is 1.86. The number of methoxy groups -OCH3 is 1. The van der Waals surface area contributed by atoms with Gasteiger partial charge in [-0.15, -0.1) is 0 Å². The molecule has 0 saturated heterocycles. The van der Waals surface area contributed by atoms with Crippen molar-refractivity contribution in [3.8, 4) is 0 Å². The van der Waals surface area contributed by atoms with Crippen molar-refractivity contribution in [3.05, 3.63) is 12.3 Å². The van der Waals surface area contributed by atoms with Gasteiger partial charge in [0.15, 0.2) is 18.8 Å². The molecular formula is C5H7O3. The molecule has 0 aliphatic rings. The Hall–Kier alpha value is -0.830. The Bertz CT molecular complexity index is 87.7.